The fraction of sp³-hybridized carbons (Fsp3) is 0.333. The first-order chi connectivity index (χ1) is 8.08. The third-order valence-electron chi connectivity index (χ3n) is 2.41. The van der Waals surface area contributed by atoms with Gasteiger partial charge in [-0.15, -0.1) is 10.2 Å². The standard InChI is InChI=1S/C12H15FN4/c1-8(2)6-17-7-15-16-12(17)10-4-3-9(14)5-11(10)13/h3-5,7-8H,6,14H2,1-2H3. The van der Waals surface area contributed by atoms with Gasteiger partial charge < -0.3 is 10.3 Å². The van der Waals surface area contributed by atoms with Gasteiger partial charge in [0, 0.05) is 12.2 Å². The number of hydrogen-bond acceptors (Lipinski definition) is 3. The fourth-order valence-corrected chi connectivity index (χ4v) is 1.70. The molecule has 0 radical (unpaired) electrons. The molecule has 2 rings (SSSR count). The van der Waals surface area contributed by atoms with Crippen LogP contribution in [0.2, 0.25) is 0 Å². The zero-order valence-electron chi connectivity index (χ0n) is 9.89. The van der Waals surface area contributed by atoms with Gasteiger partial charge in [0.25, 0.3) is 0 Å². The Bertz CT molecular complexity index is 519. The number of nitrogen functional groups attached to an aromatic ring is 1. The molecule has 1 aromatic heterocycles. The van der Waals surface area contributed by atoms with Crippen LogP contribution in [0.4, 0.5) is 10.1 Å². The molecule has 2 N–H and O–H groups in total. The Kier molecular flexibility index (Phi) is 3.08. The average molecular weight is 234 g/mol. The van der Waals surface area contributed by atoms with Crippen LogP contribution in [0.5, 0.6) is 0 Å². The van der Waals surface area contributed by atoms with Crippen LogP contribution in [0, 0.1) is 11.7 Å². The number of benzene rings is 1. The maximum atomic E-state index is 13.8. The number of aromatic nitrogens is 3. The molecule has 0 saturated heterocycles. The second-order valence-corrected chi connectivity index (χ2v) is 4.44. The van der Waals surface area contributed by atoms with E-state index in [0.29, 0.717) is 23.0 Å². The van der Waals surface area contributed by atoms with Crippen LogP contribution in [0.15, 0.2) is 24.5 Å². The van der Waals surface area contributed by atoms with E-state index in [4.69, 9.17) is 5.73 Å². The van der Waals surface area contributed by atoms with E-state index in [1.807, 2.05) is 4.57 Å². The molecule has 0 aliphatic rings. The van der Waals surface area contributed by atoms with Gasteiger partial charge in [-0.05, 0) is 24.1 Å². The Labute approximate surface area is 99.3 Å². The van der Waals surface area contributed by atoms with Crippen LogP contribution in [0.3, 0.4) is 0 Å². The predicted octanol–water partition coefficient (Wildman–Crippen LogP) is 2.32. The Morgan fingerprint density at radius 3 is 2.82 bits per heavy atom. The van der Waals surface area contributed by atoms with Crippen LogP contribution in [0.1, 0.15) is 13.8 Å². The van der Waals surface area contributed by atoms with E-state index >= 15 is 0 Å². The molecule has 17 heavy (non-hydrogen) atoms. The summed E-state index contributed by atoms with van der Waals surface area (Å²) in [6, 6.07) is 4.59. The van der Waals surface area contributed by atoms with Crippen LogP contribution in [-0.4, -0.2) is 14.8 Å². The smallest absolute Gasteiger partial charge is 0.166 e. The summed E-state index contributed by atoms with van der Waals surface area (Å²) in [6.45, 7) is 4.93. The van der Waals surface area contributed by atoms with Crippen molar-refractivity contribution < 1.29 is 4.39 Å². The van der Waals surface area contributed by atoms with Gasteiger partial charge in [0.1, 0.15) is 12.1 Å². The van der Waals surface area contributed by atoms with Gasteiger partial charge in [0.15, 0.2) is 5.82 Å². The molecular formula is C12H15FN4. The summed E-state index contributed by atoms with van der Waals surface area (Å²) in [5.41, 5.74) is 6.35. The molecule has 0 bridgehead atoms. The van der Waals surface area contributed by atoms with E-state index in [1.54, 1.807) is 18.5 Å². The first kappa shape index (κ1) is 11.6. The molecule has 0 unspecified atom stereocenters. The van der Waals surface area contributed by atoms with Gasteiger partial charge >= 0.3 is 0 Å². The lowest BCUT2D eigenvalue weighted by Gasteiger charge is -2.09. The summed E-state index contributed by atoms with van der Waals surface area (Å²) < 4.78 is 15.6. The summed E-state index contributed by atoms with van der Waals surface area (Å²) >= 11 is 0. The lowest BCUT2D eigenvalue weighted by atomic mass is 10.1. The van der Waals surface area contributed by atoms with Crippen molar-refractivity contribution in [3.63, 3.8) is 0 Å². The molecule has 0 aliphatic heterocycles. The molecular weight excluding hydrogens is 219 g/mol. The molecule has 0 spiro atoms. The minimum atomic E-state index is -0.372. The molecule has 0 fully saturated rings. The van der Waals surface area contributed by atoms with E-state index < -0.39 is 0 Å². The van der Waals surface area contributed by atoms with E-state index in [1.165, 1.54) is 6.07 Å². The molecule has 0 aliphatic carbocycles. The highest BCUT2D eigenvalue weighted by atomic mass is 19.1. The van der Waals surface area contributed by atoms with E-state index in [-0.39, 0.29) is 5.82 Å². The number of nitrogens with zero attached hydrogens (tertiary/aromatic N) is 3. The second-order valence-electron chi connectivity index (χ2n) is 4.44. The fourth-order valence-electron chi connectivity index (χ4n) is 1.70. The lowest BCUT2D eigenvalue weighted by Crippen LogP contribution is -2.06. The van der Waals surface area contributed by atoms with Crippen LogP contribution >= 0.6 is 0 Å². The van der Waals surface area contributed by atoms with Gasteiger partial charge in [-0.2, -0.15) is 0 Å². The van der Waals surface area contributed by atoms with Gasteiger partial charge in [-0.25, -0.2) is 4.39 Å². The first-order valence-electron chi connectivity index (χ1n) is 5.51. The Balaban J connectivity index is 2.42. The summed E-state index contributed by atoms with van der Waals surface area (Å²) in [6.07, 6.45) is 1.62. The predicted molar refractivity (Wildman–Crippen MR) is 64.7 cm³/mol. The van der Waals surface area contributed by atoms with E-state index in [0.717, 1.165) is 6.54 Å². The van der Waals surface area contributed by atoms with Crippen LogP contribution < -0.4 is 5.73 Å². The normalized spacial score (nSPS) is 11.1. The maximum absolute atomic E-state index is 13.8. The number of rotatable bonds is 3. The monoisotopic (exact) mass is 234 g/mol. The van der Waals surface area contributed by atoms with Crippen molar-refractivity contribution in [2.45, 2.75) is 20.4 Å². The zero-order chi connectivity index (χ0) is 12.4. The molecule has 4 nitrogen and oxygen atoms in total. The van der Waals surface area contributed by atoms with Gasteiger partial charge in [0.05, 0.1) is 5.56 Å². The van der Waals surface area contributed by atoms with Crippen LogP contribution in [-0.2, 0) is 6.54 Å². The first-order valence-corrected chi connectivity index (χ1v) is 5.51. The largest absolute Gasteiger partial charge is 0.399 e. The number of anilines is 1. The second kappa shape index (κ2) is 4.53. The average Bonchev–Trinajstić information content (AvgIpc) is 2.65. The third kappa shape index (κ3) is 2.43. The van der Waals surface area contributed by atoms with Crippen molar-refractivity contribution >= 4 is 5.69 Å². The summed E-state index contributed by atoms with van der Waals surface area (Å²) in [5.74, 6) is 0.612. The highest BCUT2D eigenvalue weighted by Crippen LogP contribution is 2.23. The van der Waals surface area contributed by atoms with Gasteiger partial charge in [0.2, 0.25) is 0 Å². The van der Waals surface area contributed by atoms with Gasteiger partial charge in [-0.3, -0.25) is 0 Å². The zero-order valence-corrected chi connectivity index (χ0v) is 9.89. The number of halogens is 1. The van der Waals surface area contributed by atoms with E-state index in [2.05, 4.69) is 24.0 Å². The molecule has 90 valence electrons. The SMILES string of the molecule is CC(C)Cn1cnnc1-c1ccc(N)cc1F. The summed E-state index contributed by atoms with van der Waals surface area (Å²) in [4.78, 5) is 0. The Morgan fingerprint density at radius 2 is 2.18 bits per heavy atom. The third-order valence-corrected chi connectivity index (χ3v) is 2.41. The highest BCUT2D eigenvalue weighted by molar-refractivity contribution is 5.59. The van der Waals surface area contributed by atoms with Crippen molar-refractivity contribution in [1.82, 2.24) is 14.8 Å². The number of nitrogens with two attached hydrogens (primary N) is 1. The maximum Gasteiger partial charge on any atom is 0.166 e. The van der Waals surface area contributed by atoms with Crippen molar-refractivity contribution in [3.05, 3.63) is 30.3 Å². The topological polar surface area (TPSA) is 56.7 Å². The highest BCUT2D eigenvalue weighted by Gasteiger charge is 2.12. The lowest BCUT2D eigenvalue weighted by molar-refractivity contribution is 0.523. The molecule has 0 amide bonds. The van der Waals surface area contributed by atoms with Crippen molar-refractivity contribution in [3.8, 4) is 11.4 Å². The Morgan fingerprint density at radius 1 is 1.41 bits per heavy atom. The van der Waals surface area contributed by atoms with Crippen molar-refractivity contribution in [2.75, 3.05) is 5.73 Å². The molecule has 5 heteroatoms. The Hall–Kier alpha value is -1.91. The van der Waals surface area contributed by atoms with Crippen LogP contribution in [0.25, 0.3) is 11.4 Å². The minimum Gasteiger partial charge on any atom is -0.399 e. The van der Waals surface area contributed by atoms with E-state index in [9.17, 15) is 4.39 Å². The molecule has 0 atom stereocenters. The molecule has 1 heterocycles. The van der Waals surface area contributed by atoms with Crippen molar-refractivity contribution in [2.24, 2.45) is 5.92 Å². The van der Waals surface area contributed by atoms with Crippen molar-refractivity contribution in [1.29, 1.82) is 0 Å². The summed E-state index contributed by atoms with van der Waals surface area (Å²) in [7, 11) is 0. The molecule has 2 aromatic rings. The quantitative estimate of drug-likeness (QED) is 0.829. The minimum absolute atomic E-state index is 0.372. The van der Waals surface area contributed by atoms with Gasteiger partial charge in [-0.1, -0.05) is 13.8 Å². The summed E-state index contributed by atoms with van der Waals surface area (Å²) in [5, 5.41) is 7.79. The molecule has 0 saturated carbocycles. The molecule has 1 aromatic carbocycles. The number of hydrogen-bond donors (Lipinski definition) is 1.